The number of rotatable bonds is 7. The van der Waals surface area contributed by atoms with Crippen LogP contribution in [0.4, 0.5) is 4.39 Å². The highest BCUT2D eigenvalue weighted by Crippen LogP contribution is 2.19. The number of nitrogens with one attached hydrogen (secondary N) is 1. The third-order valence-corrected chi connectivity index (χ3v) is 5.09. The number of carbonyl (C=O) groups excluding carboxylic acids is 2. The van der Waals surface area contributed by atoms with Crippen LogP contribution in [-0.4, -0.2) is 60.9 Å². The molecule has 5 nitrogen and oxygen atoms in total. The molecule has 1 fully saturated rings. The van der Waals surface area contributed by atoms with Crippen LogP contribution < -0.4 is 5.32 Å². The van der Waals surface area contributed by atoms with E-state index in [1.807, 2.05) is 18.9 Å². The second-order valence-corrected chi connectivity index (χ2v) is 8.03. The Morgan fingerprint density at radius 3 is 2.22 bits per heavy atom. The first-order chi connectivity index (χ1) is 12.8. The van der Waals surface area contributed by atoms with Crippen molar-refractivity contribution in [2.24, 2.45) is 5.92 Å². The number of nitrogens with zero attached hydrogens (tertiary/aromatic N) is 2. The minimum Gasteiger partial charge on any atom is -0.344 e. The van der Waals surface area contributed by atoms with Crippen molar-refractivity contribution in [2.75, 3.05) is 33.2 Å². The lowest BCUT2D eigenvalue weighted by atomic mass is 9.96. The monoisotopic (exact) mass is 377 g/mol. The molecule has 0 radical (unpaired) electrons. The highest BCUT2D eigenvalue weighted by atomic mass is 19.1. The van der Waals surface area contributed by atoms with Crippen molar-refractivity contribution < 1.29 is 14.0 Å². The van der Waals surface area contributed by atoms with E-state index in [-0.39, 0.29) is 30.0 Å². The van der Waals surface area contributed by atoms with Gasteiger partial charge in [0.1, 0.15) is 11.9 Å². The van der Waals surface area contributed by atoms with E-state index in [1.165, 1.54) is 12.1 Å². The standard InChI is InChI=1S/C21H32FN3O2/c1-15(2)13-19(21(27)25-11-9-24(4)10-12-25)23-20(26)14-16(3)17-5-7-18(22)8-6-17/h5-8,15-16,19H,9-14H2,1-4H3,(H,23,26)/t16?,19-/m0/s1. The summed E-state index contributed by atoms with van der Waals surface area (Å²) in [7, 11) is 2.05. The molecule has 0 aromatic heterocycles. The summed E-state index contributed by atoms with van der Waals surface area (Å²) < 4.78 is 13.1. The van der Waals surface area contributed by atoms with Gasteiger partial charge in [-0.15, -0.1) is 0 Å². The van der Waals surface area contributed by atoms with E-state index in [0.29, 0.717) is 25.4 Å². The number of hydrogen-bond donors (Lipinski definition) is 1. The SMILES string of the molecule is CC(C)C[C@H](NC(=O)CC(C)c1ccc(F)cc1)C(=O)N1CCN(C)CC1. The van der Waals surface area contributed by atoms with Gasteiger partial charge in [0.15, 0.2) is 0 Å². The van der Waals surface area contributed by atoms with Gasteiger partial charge >= 0.3 is 0 Å². The Morgan fingerprint density at radius 1 is 1.07 bits per heavy atom. The number of carbonyl (C=O) groups is 2. The van der Waals surface area contributed by atoms with Gasteiger partial charge in [0.05, 0.1) is 0 Å². The number of likely N-dealkylation sites (N-methyl/N-ethyl adjacent to an activating group) is 1. The van der Waals surface area contributed by atoms with Gasteiger partial charge in [-0.1, -0.05) is 32.9 Å². The van der Waals surface area contributed by atoms with Gasteiger partial charge in [-0.25, -0.2) is 4.39 Å². The molecular formula is C21H32FN3O2. The van der Waals surface area contributed by atoms with Crippen molar-refractivity contribution in [2.45, 2.75) is 45.6 Å². The summed E-state index contributed by atoms with van der Waals surface area (Å²) in [6.45, 7) is 9.16. The van der Waals surface area contributed by atoms with E-state index in [1.54, 1.807) is 12.1 Å². The van der Waals surface area contributed by atoms with Crippen LogP contribution in [-0.2, 0) is 9.59 Å². The van der Waals surface area contributed by atoms with Crippen molar-refractivity contribution in [3.05, 3.63) is 35.6 Å². The number of amides is 2. The van der Waals surface area contributed by atoms with Gasteiger partial charge in [0.2, 0.25) is 11.8 Å². The van der Waals surface area contributed by atoms with Gasteiger partial charge in [-0.3, -0.25) is 9.59 Å². The summed E-state index contributed by atoms with van der Waals surface area (Å²) in [4.78, 5) is 29.5. The molecule has 0 aliphatic carbocycles. The zero-order chi connectivity index (χ0) is 20.0. The molecule has 0 spiro atoms. The lowest BCUT2D eigenvalue weighted by Crippen LogP contribution is -2.54. The number of halogens is 1. The molecule has 1 aliphatic heterocycles. The van der Waals surface area contributed by atoms with Crippen molar-refractivity contribution in [1.82, 2.24) is 15.1 Å². The van der Waals surface area contributed by atoms with E-state index >= 15 is 0 Å². The first kappa shape index (κ1) is 21.4. The second kappa shape index (κ2) is 9.83. The minimum absolute atomic E-state index is 0.0135. The first-order valence-corrected chi connectivity index (χ1v) is 9.78. The molecule has 2 atom stereocenters. The van der Waals surface area contributed by atoms with Crippen LogP contribution >= 0.6 is 0 Å². The average molecular weight is 378 g/mol. The van der Waals surface area contributed by atoms with Crippen LogP contribution in [0.25, 0.3) is 0 Å². The summed E-state index contributed by atoms with van der Waals surface area (Å²) in [6, 6.07) is 5.73. The summed E-state index contributed by atoms with van der Waals surface area (Å²) in [6.07, 6.45) is 0.901. The van der Waals surface area contributed by atoms with E-state index in [0.717, 1.165) is 18.7 Å². The predicted molar refractivity (Wildman–Crippen MR) is 105 cm³/mol. The van der Waals surface area contributed by atoms with Crippen LogP contribution in [0.15, 0.2) is 24.3 Å². The van der Waals surface area contributed by atoms with Crippen LogP contribution in [0.5, 0.6) is 0 Å². The maximum absolute atomic E-state index is 13.1. The molecule has 1 aromatic carbocycles. The molecule has 0 bridgehead atoms. The highest BCUT2D eigenvalue weighted by Gasteiger charge is 2.28. The fraction of sp³-hybridized carbons (Fsp3) is 0.619. The topological polar surface area (TPSA) is 52.7 Å². The molecule has 1 N–H and O–H groups in total. The number of hydrogen-bond acceptors (Lipinski definition) is 3. The molecule has 1 unspecified atom stereocenters. The summed E-state index contributed by atoms with van der Waals surface area (Å²) >= 11 is 0. The Balaban J connectivity index is 1.96. The maximum Gasteiger partial charge on any atom is 0.245 e. The quantitative estimate of drug-likeness (QED) is 0.795. The lowest BCUT2D eigenvalue weighted by Gasteiger charge is -2.35. The van der Waals surface area contributed by atoms with Gasteiger partial charge < -0.3 is 15.1 Å². The molecule has 1 saturated heterocycles. The van der Waals surface area contributed by atoms with Crippen LogP contribution in [0, 0.1) is 11.7 Å². The zero-order valence-corrected chi connectivity index (χ0v) is 16.9. The van der Waals surface area contributed by atoms with Gasteiger partial charge in [0.25, 0.3) is 0 Å². The van der Waals surface area contributed by atoms with E-state index < -0.39 is 6.04 Å². The maximum atomic E-state index is 13.1. The van der Waals surface area contributed by atoms with E-state index in [4.69, 9.17) is 0 Å². The fourth-order valence-corrected chi connectivity index (χ4v) is 3.38. The average Bonchev–Trinajstić information content (AvgIpc) is 2.61. The Morgan fingerprint density at radius 2 is 1.67 bits per heavy atom. The molecule has 1 aliphatic rings. The normalized spacial score (nSPS) is 17.6. The van der Waals surface area contributed by atoms with Crippen LogP contribution in [0.3, 0.4) is 0 Å². The number of benzene rings is 1. The zero-order valence-electron chi connectivity index (χ0n) is 16.9. The van der Waals surface area contributed by atoms with Gasteiger partial charge in [-0.2, -0.15) is 0 Å². The smallest absolute Gasteiger partial charge is 0.245 e. The third kappa shape index (κ3) is 6.61. The molecule has 150 valence electrons. The molecule has 6 heteroatoms. The summed E-state index contributed by atoms with van der Waals surface area (Å²) in [5.41, 5.74) is 0.914. The van der Waals surface area contributed by atoms with Crippen molar-refractivity contribution >= 4 is 11.8 Å². The summed E-state index contributed by atoms with van der Waals surface area (Å²) in [5, 5.41) is 2.95. The molecule has 2 rings (SSSR count). The Hall–Kier alpha value is -1.95. The van der Waals surface area contributed by atoms with Crippen molar-refractivity contribution in [1.29, 1.82) is 0 Å². The van der Waals surface area contributed by atoms with Gasteiger partial charge in [0, 0.05) is 32.6 Å². The van der Waals surface area contributed by atoms with Gasteiger partial charge in [-0.05, 0) is 43.0 Å². The predicted octanol–water partition coefficient (Wildman–Crippen LogP) is 2.62. The Labute approximate surface area is 161 Å². The minimum atomic E-state index is -0.485. The van der Waals surface area contributed by atoms with Crippen molar-refractivity contribution in [3.63, 3.8) is 0 Å². The molecule has 2 amide bonds. The number of piperazine rings is 1. The van der Waals surface area contributed by atoms with E-state index in [2.05, 4.69) is 24.1 Å². The largest absolute Gasteiger partial charge is 0.344 e. The Bertz CT molecular complexity index is 625. The summed E-state index contributed by atoms with van der Waals surface area (Å²) in [5.74, 6) is -0.144. The first-order valence-electron chi connectivity index (χ1n) is 9.78. The third-order valence-electron chi connectivity index (χ3n) is 5.09. The molecule has 1 aromatic rings. The fourth-order valence-electron chi connectivity index (χ4n) is 3.38. The molecular weight excluding hydrogens is 345 g/mol. The van der Waals surface area contributed by atoms with Crippen LogP contribution in [0.2, 0.25) is 0 Å². The van der Waals surface area contributed by atoms with E-state index in [9.17, 15) is 14.0 Å². The highest BCUT2D eigenvalue weighted by molar-refractivity contribution is 5.88. The Kier molecular flexibility index (Phi) is 7.78. The van der Waals surface area contributed by atoms with Crippen LogP contribution in [0.1, 0.15) is 45.1 Å². The second-order valence-electron chi connectivity index (χ2n) is 8.03. The molecule has 27 heavy (non-hydrogen) atoms. The molecule has 1 heterocycles. The molecule has 0 saturated carbocycles. The lowest BCUT2D eigenvalue weighted by molar-refractivity contribution is -0.138. The van der Waals surface area contributed by atoms with Crippen molar-refractivity contribution in [3.8, 4) is 0 Å².